The van der Waals surface area contributed by atoms with Crippen molar-refractivity contribution in [3.63, 3.8) is 0 Å². The molecule has 0 spiro atoms. The van der Waals surface area contributed by atoms with Crippen LogP contribution in [0.15, 0.2) is 38.6 Å². The van der Waals surface area contributed by atoms with Crippen LogP contribution in [0.2, 0.25) is 0 Å². The molecule has 1 aliphatic heterocycles. The average molecular weight is 499 g/mol. The number of hydrogen-bond acceptors (Lipinski definition) is 8. The molecule has 0 aromatic carbocycles. The van der Waals surface area contributed by atoms with Gasteiger partial charge in [-0.3, -0.25) is 9.69 Å². The highest BCUT2D eigenvalue weighted by Gasteiger charge is 2.22. The zero-order chi connectivity index (χ0) is 19.3. The van der Waals surface area contributed by atoms with E-state index in [1.807, 2.05) is 16.3 Å². The largest absolute Gasteiger partial charge is 0.339 e. The molecule has 0 saturated carbocycles. The van der Waals surface area contributed by atoms with E-state index in [1.165, 1.54) is 21.5 Å². The molecule has 0 atom stereocenters. The molecule has 1 saturated heterocycles. The number of halogens is 1. The Balaban J connectivity index is 1.23. The van der Waals surface area contributed by atoms with E-state index in [2.05, 4.69) is 54.6 Å². The van der Waals surface area contributed by atoms with Crippen LogP contribution in [0, 0.1) is 0 Å². The van der Waals surface area contributed by atoms with E-state index in [0.29, 0.717) is 17.5 Å². The van der Waals surface area contributed by atoms with E-state index in [4.69, 9.17) is 0 Å². The second kappa shape index (κ2) is 9.49. The van der Waals surface area contributed by atoms with Gasteiger partial charge in [-0.05, 0) is 49.9 Å². The van der Waals surface area contributed by atoms with Gasteiger partial charge in [0.1, 0.15) is 0 Å². The highest BCUT2D eigenvalue weighted by molar-refractivity contribution is 9.11. The van der Waals surface area contributed by atoms with E-state index in [9.17, 15) is 4.79 Å². The second-order valence-corrected chi connectivity index (χ2v) is 10.9. The molecular weight excluding hydrogens is 480 g/mol. The smallest absolute Gasteiger partial charge is 0.233 e. The first kappa shape index (κ1) is 20.0. The van der Waals surface area contributed by atoms with Crippen LogP contribution in [0.4, 0.5) is 0 Å². The Bertz CT molecular complexity index is 904. The zero-order valence-electron chi connectivity index (χ0n) is 15.0. The van der Waals surface area contributed by atoms with Crippen LogP contribution in [-0.2, 0) is 17.9 Å². The standard InChI is InChI=1S/C17H19BrN6OS3/c18-15-4-3-14(28-15)10-22-5-7-23(8-6-22)16(25)12-27-17-19-20-21-24(17)11-13-2-1-9-26-13/h1-4,9H,5-8,10-12H2. The van der Waals surface area contributed by atoms with Crippen LogP contribution in [0.25, 0.3) is 0 Å². The quantitative estimate of drug-likeness (QED) is 0.466. The number of aromatic nitrogens is 4. The minimum absolute atomic E-state index is 0.147. The molecule has 148 valence electrons. The first-order valence-corrected chi connectivity index (χ1v) is 12.3. The first-order valence-electron chi connectivity index (χ1n) is 8.83. The first-order chi connectivity index (χ1) is 13.7. The maximum absolute atomic E-state index is 12.6. The monoisotopic (exact) mass is 498 g/mol. The van der Waals surface area contributed by atoms with Gasteiger partial charge in [0, 0.05) is 42.5 Å². The van der Waals surface area contributed by atoms with Gasteiger partial charge in [-0.1, -0.05) is 17.8 Å². The van der Waals surface area contributed by atoms with Crippen molar-refractivity contribution >= 4 is 56.3 Å². The molecule has 7 nitrogen and oxygen atoms in total. The van der Waals surface area contributed by atoms with Crippen LogP contribution >= 0.6 is 50.4 Å². The zero-order valence-corrected chi connectivity index (χ0v) is 19.1. The molecule has 4 heterocycles. The van der Waals surface area contributed by atoms with Gasteiger partial charge in [-0.15, -0.1) is 27.8 Å². The molecule has 11 heteroatoms. The number of thiophene rings is 2. The van der Waals surface area contributed by atoms with Crippen molar-refractivity contribution in [3.05, 3.63) is 43.2 Å². The predicted molar refractivity (Wildman–Crippen MR) is 116 cm³/mol. The summed E-state index contributed by atoms with van der Waals surface area (Å²) in [7, 11) is 0. The Kier molecular flexibility index (Phi) is 6.78. The lowest BCUT2D eigenvalue weighted by molar-refractivity contribution is -0.130. The number of hydrogen-bond donors (Lipinski definition) is 0. The maximum atomic E-state index is 12.6. The van der Waals surface area contributed by atoms with Crippen LogP contribution in [0.3, 0.4) is 0 Å². The Morgan fingerprint density at radius 2 is 2.00 bits per heavy atom. The van der Waals surface area contributed by atoms with Gasteiger partial charge in [-0.25, -0.2) is 4.68 Å². The number of nitrogens with zero attached hydrogens (tertiary/aromatic N) is 6. The molecule has 0 aliphatic carbocycles. The summed E-state index contributed by atoms with van der Waals surface area (Å²) in [6.07, 6.45) is 0. The van der Waals surface area contributed by atoms with Gasteiger partial charge in [0.05, 0.1) is 16.1 Å². The summed E-state index contributed by atoms with van der Waals surface area (Å²) in [6.45, 7) is 4.94. The fourth-order valence-corrected chi connectivity index (χ4v) is 5.97. The molecule has 1 amide bonds. The molecule has 3 aromatic heterocycles. The molecule has 0 radical (unpaired) electrons. The number of thioether (sulfide) groups is 1. The third kappa shape index (κ3) is 5.20. The Morgan fingerprint density at radius 1 is 1.14 bits per heavy atom. The fourth-order valence-electron chi connectivity index (χ4n) is 2.98. The van der Waals surface area contributed by atoms with E-state index >= 15 is 0 Å². The third-order valence-electron chi connectivity index (χ3n) is 4.44. The van der Waals surface area contributed by atoms with E-state index in [1.54, 1.807) is 27.4 Å². The Morgan fingerprint density at radius 3 is 2.71 bits per heavy atom. The van der Waals surface area contributed by atoms with E-state index in [0.717, 1.165) is 36.5 Å². The fraction of sp³-hybridized carbons (Fsp3) is 0.412. The second-order valence-electron chi connectivity index (χ2n) is 6.35. The molecule has 28 heavy (non-hydrogen) atoms. The number of rotatable bonds is 7. The van der Waals surface area contributed by atoms with Crippen molar-refractivity contribution in [2.24, 2.45) is 0 Å². The molecule has 4 rings (SSSR count). The van der Waals surface area contributed by atoms with Crippen LogP contribution in [0.5, 0.6) is 0 Å². The van der Waals surface area contributed by atoms with Crippen molar-refractivity contribution < 1.29 is 4.79 Å². The summed E-state index contributed by atoms with van der Waals surface area (Å²) in [5.41, 5.74) is 0. The highest BCUT2D eigenvalue weighted by atomic mass is 79.9. The number of carbonyl (C=O) groups is 1. The van der Waals surface area contributed by atoms with Crippen molar-refractivity contribution in [1.82, 2.24) is 30.0 Å². The van der Waals surface area contributed by atoms with Crippen LogP contribution in [0.1, 0.15) is 9.75 Å². The van der Waals surface area contributed by atoms with Crippen molar-refractivity contribution in [2.75, 3.05) is 31.9 Å². The van der Waals surface area contributed by atoms with Crippen molar-refractivity contribution in [2.45, 2.75) is 18.2 Å². The van der Waals surface area contributed by atoms with Gasteiger partial charge >= 0.3 is 0 Å². The molecule has 1 fully saturated rings. The SMILES string of the molecule is O=C(CSc1nnnn1Cc1cccs1)N1CCN(Cc2ccc(Br)s2)CC1. The molecule has 0 unspecified atom stereocenters. The molecule has 0 bridgehead atoms. The van der Waals surface area contributed by atoms with Crippen LogP contribution < -0.4 is 0 Å². The van der Waals surface area contributed by atoms with Gasteiger partial charge < -0.3 is 4.90 Å². The minimum atomic E-state index is 0.147. The normalized spacial score (nSPS) is 15.2. The summed E-state index contributed by atoms with van der Waals surface area (Å²) >= 11 is 8.36. The third-order valence-corrected chi connectivity index (χ3v) is 7.85. The van der Waals surface area contributed by atoms with Crippen molar-refractivity contribution in [1.29, 1.82) is 0 Å². The number of tetrazole rings is 1. The summed E-state index contributed by atoms with van der Waals surface area (Å²) in [4.78, 5) is 19.5. The number of piperazine rings is 1. The summed E-state index contributed by atoms with van der Waals surface area (Å²) in [5, 5.41) is 14.6. The number of carbonyl (C=O) groups excluding carboxylic acids is 1. The molecule has 3 aromatic rings. The lowest BCUT2D eigenvalue weighted by Crippen LogP contribution is -2.48. The summed E-state index contributed by atoms with van der Waals surface area (Å²) < 4.78 is 2.91. The Labute approximate surface area is 183 Å². The highest BCUT2D eigenvalue weighted by Crippen LogP contribution is 2.24. The minimum Gasteiger partial charge on any atom is -0.339 e. The summed E-state index contributed by atoms with van der Waals surface area (Å²) in [5.74, 6) is 0.511. The molecular formula is C17H19BrN6OS3. The maximum Gasteiger partial charge on any atom is 0.233 e. The van der Waals surface area contributed by atoms with Crippen LogP contribution in [-0.4, -0.2) is 67.8 Å². The predicted octanol–water partition coefficient (Wildman–Crippen LogP) is 3.04. The van der Waals surface area contributed by atoms with Gasteiger partial charge in [0.2, 0.25) is 11.1 Å². The van der Waals surface area contributed by atoms with Gasteiger partial charge in [-0.2, -0.15) is 0 Å². The topological polar surface area (TPSA) is 67.2 Å². The van der Waals surface area contributed by atoms with E-state index < -0.39 is 0 Å². The lowest BCUT2D eigenvalue weighted by Gasteiger charge is -2.34. The van der Waals surface area contributed by atoms with Gasteiger partial charge in [0.15, 0.2) is 0 Å². The summed E-state index contributed by atoms with van der Waals surface area (Å²) in [6, 6.07) is 8.31. The average Bonchev–Trinajstić information content (AvgIpc) is 3.44. The molecule has 0 N–H and O–H groups in total. The number of amides is 1. The Hall–Kier alpha value is -1.27. The van der Waals surface area contributed by atoms with Crippen molar-refractivity contribution in [3.8, 4) is 0 Å². The van der Waals surface area contributed by atoms with E-state index in [-0.39, 0.29) is 5.91 Å². The lowest BCUT2D eigenvalue weighted by atomic mass is 10.3. The molecule has 1 aliphatic rings. The van der Waals surface area contributed by atoms with Gasteiger partial charge in [0.25, 0.3) is 0 Å².